The van der Waals surface area contributed by atoms with Gasteiger partial charge in [0, 0.05) is 11.8 Å². The molecule has 0 bridgehead atoms. The molecule has 0 aliphatic rings. The number of hydrogen-bond acceptors (Lipinski definition) is 3. The van der Waals surface area contributed by atoms with Gasteiger partial charge in [-0.3, -0.25) is 15.1 Å². The van der Waals surface area contributed by atoms with Crippen molar-refractivity contribution in [3.05, 3.63) is 33.6 Å². The van der Waals surface area contributed by atoms with Gasteiger partial charge in [-0.2, -0.15) is 13.2 Å². The summed E-state index contributed by atoms with van der Waals surface area (Å²) in [6, 6.07) is 0.475. The third kappa shape index (κ3) is 1.98. The maximum Gasteiger partial charge on any atom is 0.418 e. The van der Waals surface area contributed by atoms with Gasteiger partial charge >= 0.3 is 6.18 Å². The molecule has 0 saturated heterocycles. The molecule has 0 aliphatic carbocycles. The largest absolute Gasteiger partial charge is 0.418 e. The lowest BCUT2D eigenvalue weighted by Crippen LogP contribution is -2.09. The molecule has 0 radical (unpaired) electrons. The van der Waals surface area contributed by atoms with E-state index in [4.69, 9.17) is 0 Å². The first kappa shape index (κ1) is 10.4. The summed E-state index contributed by atoms with van der Waals surface area (Å²) in [5.74, 6) is 0. The SMILES string of the molecule is Cc1ncc([N+](=O)[O-])cc1C(F)(F)F. The van der Waals surface area contributed by atoms with Gasteiger partial charge in [0.15, 0.2) is 0 Å². The number of aromatic nitrogens is 1. The molecule has 0 atom stereocenters. The quantitative estimate of drug-likeness (QED) is 0.523. The van der Waals surface area contributed by atoms with Crippen LogP contribution in [-0.2, 0) is 6.18 Å². The molecule has 76 valence electrons. The van der Waals surface area contributed by atoms with Crippen LogP contribution in [0.15, 0.2) is 12.3 Å². The fourth-order valence-electron chi connectivity index (χ4n) is 0.909. The highest BCUT2D eigenvalue weighted by atomic mass is 19.4. The third-order valence-electron chi connectivity index (χ3n) is 1.59. The van der Waals surface area contributed by atoms with Gasteiger partial charge < -0.3 is 0 Å². The predicted octanol–water partition coefficient (Wildman–Crippen LogP) is 2.32. The smallest absolute Gasteiger partial charge is 0.258 e. The minimum absolute atomic E-state index is 0.275. The molecule has 0 fully saturated rings. The van der Waals surface area contributed by atoms with Gasteiger partial charge in [-0.05, 0) is 6.92 Å². The van der Waals surface area contributed by atoms with Crippen LogP contribution in [0.4, 0.5) is 18.9 Å². The zero-order valence-corrected chi connectivity index (χ0v) is 7.00. The standard InChI is InChI=1S/C7H5F3N2O2/c1-4-6(7(8,9)10)2-5(3-11-4)12(13)14/h2-3H,1H3. The second-order valence-electron chi connectivity index (χ2n) is 2.58. The summed E-state index contributed by atoms with van der Waals surface area (Å²) in [6.45, 7) is 1.15. The molecule has 4 nitrogen and oxygen atoms in total. The van der Waals surface area contributed by atoms with Gasteiger partial charge in [0.05, 0.1) is 10.5 Å². The van der Waals surface area contributed by atoms with E-state index < -0.39 is 22.4 Å². The van der Waals surface area contributed by atoms with Crippen molar-refractivity contribution in [2.75, 3.05) is 0 Å². The summed E-state index contributed by atoms with van der Waals surface area (Å²) in [4.78, 5) is 12.6. The Kier molecular flexibility index (Phi) is 2.41. The van der Waals surface area contributed by atoms with Gasteiger partial charge in [0.25, 0.3) is 5.69 Å². The molecule has 1 heterocycles. The highest BCUT2D eigenvalue weighted by Crippen LogP contribution is 2.32. The predicted molar refractivity (Wildman–Crippen MR) is 40.6 cm³/mol. The topological polar surface area (TPSA) is 56.0 Å². The summed E-state index contributed by atoms with van der Waals surface area (Å²) < 4.78 is 36.7. The maximum atomic E-state index is 12.2. The highest BCUT2D eigenvalue weighted by Gasteiger charge is 2.34. The number of aryl methyl sites for hydroxylation is 1. The normalized spacial score (nSPS) is 11.4. The van der Waals surface area contributed by atoms with Crippen LogP contribution in [0.2, 0.25) is 0 Å². The Bertz CT molecular complexity index is 376. The van der Waals surface area contributed by atoms with Crippen molar-refractivity contribution in [3.8, 4) is 0 Å². The van der Waals surface area contributed by atoms with E-state index in [0.717, 1.165) is 13.1 Å². The number of pyridine rings is 1. The van der Waals surface area contributed by atoms with Crippen LogP contribution in [0.1, 0.15) is 11.3 Å². The van der Waals surface area contributed by atoms with Crippen molar-refractivity contribution in [1.82, 2.24) is 4.98 Å². The minimum atomic E-state index is -4.61. The fraction of sp³-hybridized carbons (Fsp3) is 0.286. The lowest BCUT2D eigenvalue weighted by Gasteiger charge is -2.07. The Morgan fingerprint density at radius 3 is 2.50 bits per heavy atom. The molecule has 0 unspecified atom stereocenters. The summed E-state index contributed by atoms with van der Waals surface area (Å²) in [5, 5.41) is 10.2. The van der Waals surface area contributed by atoms with Gasteiger partial charge in [-0.15, -0.1) is 0 Å². The first-order chi connectivity index (χ1) is 6.32. The zero-order chi connectivity index (χ0) is 10.9. The molecule has 0 amide bonds. The molecule has 14 heavy (non-hydrogen) atoms. The number of hydrogen-bond donors (Lipinski definition) is 0. The molecular weight excluding hydrogens is 201 g/mol. The Labute approximate surface area is 76.5 Å². The third-order valence-corrected chi connectivity index (χ3v) is 1.59. The first-order valence-corrected chi connectivity index (χ1v) is 3.50. The average Bonchev–Trinajstić information content (AvgIpc) is 2.02. The molecule has 0 N–H and O–H groups in total. The van der Waals surface area contributed by atoms with Crippen LogP contribution in [0.25, 0.3) is 0 Å². The number of rotatable bonds is 1. The monoisotopic (exact) mass is 206 g/mol. The first-order valence-electron chi connectivity index (χ1n) is 3.50. The number of alkyl halides is 3. The van der Waals surface area contributed by atoms with Crippen molar-refractivity contribution in [3.63, 3.8) is 0 Å². The van der Waals surface area contributed by atoms with E-state index in [1.165, 1.54) is 0 Å². The Balaban J connectivity index is 3.29. The van der Waals surface area contributed by atoms with Crippen LogP contribution in [0, 0.1) is 17.0 Å². The highest BCUT2D eigenvalue weighted by molar-refractivity contribution is 5.35. The summed E-state index contributed by atoms with van der Waals surface area (Å²) in [7, 11) is 0. The number of halogens is 3. The Morgan fingerprint density at radius 2 is 2.07 bits per heavy atom. The molecule has 1 aromatic heterocycles. The minimum Gasteiger partial charge on any atom is -0.258 e. The van der Waals surface area contributed by atoms with Crippen molar-refractivity contribution < 1.29 is 18.1 Å². The summed E-state index contributed by atoms with van der Waals surface area (Å²) in [5.41, 5.74) is -2.02. The van der Waals surface area contributed by atoms with E-state index in [-0.39, 0.29) is 5.69 Å². The maximum absolute atomic E-state index is 12.2. The Hall–Kier alpha value is -1.66. The van der Waals surface area contributed by atoms with Crippen molar-refractivity contribution in [2.45, 2.75) is 13.1 Å². The van der Waals surface area contributed by atoms with E-state index in [0.29, 0.717) is 6.07 Å². The summed E-state index contributed by atoms with van der Waals surface area (Å²) >= 11 is 0. The van der Waals surface area contributed by atoms with Crippen LogP contribution in [0.5, 0.6) is 0 Å². The van der Waals surface area contributed by atoms with Crippen molar-refractivity contribution in [1.29, 1.82) is 0 Å². The van der Waals surface area contributed by atoms with Gasteiger partial charge in [0.2, 0.25) is 0 Å². The van der Waals surface area contributed by atoms with E-state index in [1.54, 1.807) is 0 Å². The lowest BCUT2D eigenvalue weighted by atomic mass is 10.2. The van der Waals surface area contributed by atoms with Crippen LogP contribution >= 0.6 is 0 Å². The van der Waals surface area contributed by atoms with Crippen LogP contribution in [0.3, 0.4) is 0 Å². The second kappa shape index (κ2) is 3.24. The van der Waals surface area contributed by atoms with Crippen molar-refractivity contribution in [2.24, 2.45) is 0 Å². The molecular formula is C7H5F3N2O2. The fourth-order valence-corrected chi connectivity index (χ4v) is 0.909. The zero-order valence-electron chi connectivity index (χ0n) is 7.00. The van der Waals surface area contributed by atoms with Gasteiger partial charge in [-0.25, -0.2) is 0 Å². The average molecular weight is 206 g/mol. The van der Waals surface area contributed by atoms with Crippen molar-refractivity contribution >= 4 is 5.69 Å². The molecule has 0 spiro atoms. The van der Waals surface area contributed by atoms with Gasteiger partial charge in [-0.1, -0.05) is 0 Å². The molecule has 1 aromatic rings. The number of nitro groups is 1. The van der Waals surface area contributed by atoms with Crippen LogP contribution in [-0.4, -0.2) is 9.91 Å². The molecule has 0 aromatic carbocycles. The van der Waals surface area contributed by atoms with E-state index in [2.05, 4.69) is 4.98 Å². The Morgan fingerprint density at radius 1 is 1.50 bits per heavy atom. The molecule has 7 heteroatoms. The molecule has 0 saturated carbocycles. The van der Waals surface area contributed by atoms with E-state index in [1.807, 2.05) is 0 Å². The molecule has 1 rings (SSSR count). The van der Waals surface area contributed by atoms with Gasteiger partial charge in [0.1, 0.15) is 6.20 Å². The lowest BCUT2D eigenvalue weighted by molar-refractivity contribution is -0.385. The van der Waals surface area contributed by atoms with Crippen LogP contribution < -0.4 is 0 Å². The number of nitrogens with zero attached hydrogens (tertiary/aromatic N) is 2. The molecule has 0 aliphatic heterocycles. The second-order valence-corrected chi connectivity index (χ2v) is 2.58. The van der Waals surface area contributed by atoms with E-state index in [9.17, 15) is 23.3 Å². The van der Waals surface area contributed by atoms with E-state index >= 15 is 0 Å². The summed E-state index contributed by atoms with van der Waals surface area (Å²) in [6.07, 6.45) is -3.81.